The second-order valence-electron chi connectivity index (χ2n) is 3.61. The number of rotatable bonds is 4. The molecule has 0 unspecified atom stereocenters. The third-order valence-electron chi connectivity index (χ3n) is 2.23. The van der Waals surface area contributed by atoms with E-state index in [0.29, 0.717) is 17.1 Å². The zero-order valence-electron chi connectivity index (χ0n) is 9.53. The van der Waals surface area contributed by atoms with Crippen LogP contribution in [0.15, 0.2) is 34.0 Å². The summed E-state index contributed by atoms with van der Waals surface area (Å²) in [6, 6.07) is 4.50. The fourth-order valence-corrected chi connectivity index (χ4v) is 2.20. The number of primary sulfonamides is 1. The maximum absolute atomic E-state index is 11.2. The summed E-state index contributed by atoms with van der Waals surface area (Å²) in [6.45, 7) is 1.78. The Morgan fingerprint density at radius 2 is 2.22 bits per heavy atom. The molecule has 1 aromatic heterocycles. The van der Waals surface area contributed by atoms with Gasteiger partial charge in [0.25, 0.3) is 0 Å². The van der Waals surface area contributed by atoms with Crippen LogP contribution in [-0.2, 0) is 16.6 Å². The molecule has 8 heteroatoms. The van der Waals surface area contributed by atoms with E-state index in [2.05, 4.69) is 14.7 Å². The van der Waals surface area contributed by atoms with Crippen LogP contribution in [0.4, 0.5) is 0 Å². The molecule has 2 aromatic rings. The van der Waals surface area contributed by atoms with E-state index in [-0.39, 0.29) is 11.5 Å². The molecule has 0 aliphatic heterocycles. The highest BCUT2D eigenvalue weighted by molar-refractivity contribution is 7.89. The van der Waals surface area contributed by atoms with E-state index >= 15 is 0 Å². The number of nitrogens with two attached hydrogens (primary N) is 1. The van der Waals surface area contributed by atoms with Gasteiger partial charge in [-0.05, 0) is 30.7 Å². The molecule has 7 nitrogen and oxygen atoms in total. The quantitative estimate of drug-likeness (QED) is 0.870. The summed E-state index contributed by atoms with van der Waals surface area (Å²) in [5.41, 5.74) is 0.517. The van der Waals surface area contributed by atoms with E-state index < -0.39 is 10.0 Å². The summed E-state index contributed by atoms with van der Waals surface area (Å²) in [4.78, 5) is 3.87. The van der Waals surface area contributed by atoms with Crippen molar-refractivity contribution in [2.45, 2.75) is 18.4 Å². The smallest absolute Gasteiger partial charge is 0.238 e. The highest BCUT2D eigenvalue weighted by atomic mass is 32.2. The lowest BCUT2D eigenvalue weighted by molar-refractivity contribution is 0.286. The Morgan fingerprint density at radius 3 is 2.78 bits per heavy atom. The molecular weight excluding hydrogens is 258 g/mol. The van der Waals surface area contributed by atoms with Crippen LogP contribution in [0, 0.1) is 6.92 Å². The number of hydrogen-bond donors (Lipinski definition) is 1. The Kier molecular flexibility index (Phi) is 3.30. The highest BCUT2D eigenvalue weighted by Crippen LogP contribution is 2.20. The van der Waals surface area contributed by atoms with Gasteiger partial charge in [-0.15, -0.1) is 0 Å². The fraction of sp³-hybridized carbons (Fsp3) is 0.200. The topological polar surface area (TPSA) is 108 Å². The molecule has 0 saturated carbocycles. The van der Waals surface area contributed by atoms with Crippen molar-refractivity contribution in [2.75, 3.05) is 0 Å². The molecule has 1 heterocycles. The Morgan fingerprint density at radius 1 is 1.44 bits per heavy atom. The number of ether oxygens (including phenoxy) is 1. The van der Waals surface area contributed by atoms with Crippen molar-refractivity contribution < 1.29 is 17.7 Å². The van der Waals surface area contributed by atoms with Gasteiger partial charge in [0.05, 0.1) is 4.90 Å². The average Bonchev–Trinajstić information content (AvgIpc) is 2.77. The second kappa shape index (κ2) is 4.75. The van der Waals surface area contributed by atoms with Crippen LogP contribution in [0.1, 0.15) is 11.4 Å². The number of aryl methyl sites for hydroxylation is 1. The minimum absolute atomic E-state index is 0.0782. The third-order valence-corrected chi connectivity index (χ3v) is 3.30. The van der Waals surface area contributed by atoms with E-state index in [9.17, 15) is 8.42 Å². The molecule has 18 heavy (non-hydrogen) atoms. The van der Waals surface area contributed by atoms with Crippen molar-refractivity contribution in [1.82, 2.24) is 10.1 Å². The van der Waals surface area contributed by atoms with E-state index in [1.54, 1.807) is 13.0 Å². The predicted molar refractivity (Wildman–Crippen MR) is 61.2 cm³/mol. The first-order valence-electron chi connectivity index (χ1n) is 4.98. The Bertz CT molecular complexity index is 637. The third kappa shape index (κ3) is 2.84. The maximum Gasteiger partial charge on any atom is 0.238 e. The van der Waals surface area contributed by atoms with Gasteiger partial charge in [0.1, 0.15) is 5.75 Å². The molecule has 0 fully saturated rings. The van der Waals surface area contributed by atoms with Crippen LogP contribution in [0.3, 0.4) is 0 Å². The Balaban J connectivity index is 2.14. The molecule has 0 amide bonds. The maximum atomic E-state index is 11.2. The molecule has 0 spiro atoms. The summed E-state index contributed by atoms with van der Waals surface area (Å²) < 4.78 is 32.4. The molecule has 0 radical (unpaired) electrons. The first-order valence-corrected chi connectivity index (χ1v) is 6.53. The molecule has 0 aliphatic rings. The van der Waals surface area contributed by atoms with Crippen molar-refractivity contribution >= 4 is 10.0 Å². The van der Waals surface area contributed by atoms with Gasteiger partial charge in [0.15, 0.2) is 6.61 Å². The van der Waals surface area contributed by atoms with Gasteiger partial charge in [-0.3, -0.25) is 0 Å². The zero-order valence-corrected chi connectivity index (χ0v) is 10.3. The standard InChI is InChI=1S/C10H11N3O4S/c1-7-4-8(2-3-9(7)18(11,14)15)16-5-10-12-6-17-13-10/h2-4,6H,5H2,1H3,(H2,11,14,15). The lowest BCUT2D eigenvalue weighted by Gasteiger charge is -2.07. The van der Waals surface area contributed by atoms with Crippen LogP contribution in [0.25, 0.3) is 0 Å². The lowest BCUT2D eigenvalue weighted by atomic mass is 10.2. The number of nitrogens with zero attached hydrogens (tertiary/aromatic N) is 2. The predicted octanol–water partition coefficient (Wildman–Crippen LogP) is 0.604. The van der Waals surface area contributed by atoms with Crippen molar-refractivity contribution in [3.05, 3.63) is 36.0 Å². The summed E-state index contributed by atoms with van der Waals surface area (Å²) >= 11 is 0. The molecule has 2 rings (SSSR count). The largest absolute Gasteiger partial charge is 0.485 e. The van der Waals surface area contributed by atoms with Gasteiger partial charge in [-0.1, -0.05) is 5.16 Å². The fourth-order valence-electron chi connectivity index (χ4n) is 1.43. The average molecular weight is 269 g/mol. The van der Waals surface area contributed by atoms with Gasteiger partial charge in [0.2, 0.25) is 22.2 Å². The van der Waals surface area contributed by atoms with Crippen molar-refractivity contribution in [1.29, 1.82) is 0 Å². The minimum atomic E-state index is -3.70. The van der Waals surface area contributed by atoms with E-state index in [1.807, 2.05) is 0 Å². The molecule has 0 saturated heterocycles. The summed E-state index contributed by atoms with van der Waals surface area (Å²) in [7, 11) is -3.70. The number of benzene rings is 1. The van der Waals surface area contributed by atoms with Crippen LogP contribution in [-0.4, -0.2) is 18.6 Å². The van der Waals surface area contributed by atoms with Crippen LogP contribution in [0.2, 0.25) is 0 Å². The van der Waals surface area contributed by atoms with Gasteiger partial charge in [-0.2, -0.15) is 4.98 Å². The van der Waals surface area contributed by atoms with Crippen molar-refractivity contribution in [3.63, 3.8) is 0 Å². The number of hydrogen-bond acceptors (Lipinski definition) is 6. The zero-order chi connectivity index (χ0) is 13.2. The van der Waals surface area contributed by atoms with E-state index in [1.165, 1.54) is 18.5 Å². The van der Waals surface area contributed by atoms with Gasteiger partial charge >= 0.3 is 0 Å². The normalized spacial score (nSPS) is 11.4. The van der Waals surface area contributed by atoms with Crippen LogP contribution < -0.4 is 9.88 Å². The summed E-state index contributed by atoms with van der Waals surface area (Å²) in [5, 5.41) is 8.64. The summed E-state index contributed by atoms with van der Waals surface area (Å²) in [6.07, 6.45) is 1.20. The molecule has 2 N–H and O–H groups in total. The molecule has 0 atom stereocenters. The lowest BCUT2D eigenvalue weighted by Crippen LogP contribution is -2.13. The number of aromatic nitrogens is 2. The van der Waals surface area contributed by atoms with E-state index in [4.69, 9.17) is 9.88 Å². The molecule has 0 bridgehead atoms. The molecular formula is C10H11N3O4S. The first kappa shape index (κ1) is 12.5. The van der Waals surface area contributed by atoms with Crippen LogP contribution in [0.5, 0.6) is 5.75 Å². The van der Waals surface area contributed by atoms with Crippen molar-refractivity contribution in [2.24, 2.45) is 5.14 Å². The second-order valence-corrected chi connectivity index (χ2v) is 5.14. The van der Waals surface area contributed by atoms with Crippen molar-refractivity contribution in [3.8, 4) is 5.75 Å². The highest BCUT2D eigenvalue weighted by Gasteiger charge is 2.12. The number of sulfonamides is 1. The Labute approximate surface area is 104 Å². The first-order chi connectivity index (χ1) is 8.47. The van der Waals surface area contributed by atoms with Gasteiger partial charge in [0, 0.05) is 0 Å². The molecule has 1 aromatic carbocycles. The molecule has 96 valence electrons. The molecule has 0 aliphatic carbocycles. The Hall–Kier alpha value is -1.93. The van der Waals surface area contributed by atoms with E-state index in [0.717, 1.165) is 0 Å². The minimum Gasteiger partial charge on any atom is -0.485 e. The van der Waals surface area contributed by atoms with Crippen LogP contribution >= 0.6 is 0 Å². The SMILES string of the molecule is Cc1cc(OCc2ncon2)ccc1S(N)(=O)=O. The van der Waals surface area contributed by atoms with Gasteiger partial charge in [-0.25, -0.2) is 13.6 Å². The monoisotopic (exact) mass is 269 g/mol. The van der Waals surface area contributed by atoms with Gasteiger partial charge < -0.3 is 9.26 Å². The summed E-state index contributed by atoms with van der Waals surface area (Å²) in [5.74, 6) is 0.910.